The predicted octanol–water partition coefficient (Wildman–Crippen LogP) is 3.29. The van der Waals surface area contributed by atoms with Gasteiger partial charge in [0, 0.05) is 36.7 Å². The first-order valence-corrected chi connectivity index (χ1v) is 12.1. The van der Waals surface area contributed by atoms with Crippen LogP contribution in [0.15, 0.2) is 60.8 Å². The van der Waals surface area contributed by atoms with Gasteiger partial charge in [-0.05, 0) is 37.5 Å². The van der Waals surface area contributed by atoms with Gasteiger partial charge in [0.2, 0.25) is 5.91 Å². The fourth-order valence-corrected chi connectivity index (χ4v) is 4.98. The van der Waals surface area contributed by atoms with E-state index < -0.39 is 5.79 Å². The second-order valence-corrected chi connectivity index (χ2v) is 9.56. The van der Waals surface area contributed by atoms with Crippen molar-refractivity contribution in [1.29, 1.82) is 0 Å². The average Bonchev–Trinajstić information content (AvgIpc) is 3.47. The van der Waals surface area contributed by atoms with Crippen molar-refractivity contribution >= 4 is 16.8 Å². The maximum atomic E-state index is 12.7. The van der Waals surface area contributed by atoms with Gasteiger partial charge in [-0.15, -0.1) is 0 Å². The number of nitrogens with one attached hydrogen (secondary N) is 3. The van der Waals surface area contributed by atoms with Crippen molar-refractivity contribution in [2.45, 2.75) is 63.4 Å². The van der Waals surface area contributed by atoms with Crippen LogP contribution in [0.5, 0.6) is 0 Å². The monoisotopic (exact) mass is 463 g/mol. The Morgan fingerprint density at radius 2 is 1.74 bits per heavy atom. The van der Waals surface area contributed by atoms with Crippen molar-refractivity contribution in [2.75, 3.05) is 13.1 Å². The quantitative estimate of drug-likeness (QED) is 0.454. The third kappa shape index (κ3) is 5.18. The Hall–Kier alpha value is -2.71. The maximum absolute atomic E-state index is 12.7. The molecule has 3 heterocycles. The van der Waals surface area contributed by atoms with E-state index in [0.717, 1.165) is 18.5 Å². The van der Waals surface area contributed by atoms with E-state index >= 15 is 0 Å². The van der Waals surface area contributed by atoms with Gasteiger partial charge in [0.05, 0.1) is 18.6 Å². The molecule has 0 spiro atoms. The first kappa shape index (κ1) is 23.1. The Labute approximate surface area is 200 Å². The summed E-state index contributed by atoms with van der Waals surface area (Å²) in [5.74, 6) is -0.712. The number of H-pyrrole nitrogens is 1. The summed E-state index contributed by atoms with van der Waals surface area (Å²) in [4.78, 5) is 16.0. The van der Waals surface area contributed by atoms with Gasteiger partial charge in [-0.1, -0.05) is 48.5 Å². The molecule has 0 saturated carbocycles. The summed E-state index contributed by atoms with van der Waals surface area (Å²) in [7, 11) is 0. The number of fused-ring (bicyclic) bond motifs is 2. The van der Waals surface area contributed by atoms with Gasteiger partial charge in [-0.2, -0.15) is 0 Å². The van der Waals surface area contributed by atoms with Crippen LogP contribution in [-0.2, 0) is 32.0 Å². The summed E-state index contributed by atoms with van der Waals surface area (Å²) < 4.78 is 18.5. The molecule has 2 aromatic carbocycles. The number of aromatic amines is 1. The zero-order chi connectivity index (χ0) is 23.5. The average molecular weight is 464 g/mol. The highest BCUT2D eigenvalue weighted by atomic mass is 16.8. The molecule has 5 rings (SSSR count). The van der Waals surface area contributed by atoms with Crippen LogP contribution in [0, 0.1) is 0 Å². The lowest BCUT2D eigenvalue weighted by Crippen LogP contribution is -2.37. The summed E-state index contributed by atoms with van der Waals surface area (Å²) in [5.41, 5.74) is 3.53. The number of ether oxygens (including phenoxy) is 3. The molecular weight excluding hydrogens is 430 g/mol. The smallest absolute Gasteiger partial charge is 0.222 e. The molecule has 7 nitrogen and oxygen atoms in total. The molecule has 34 heavy (non-hydrogen) atoms. The van der Waals surface area contributed by atoms with Gasteiger partial charge in [0.25, 0.3) is 0 Å². The lowest BCUT2D eigenvalue weighted by atomic mass is 10.1. The highest BCUT2D eigenvalue weighted by molar-refractivity contribution is 5.83. The van der Waals surface area contributed by atoms with E-state index in [0.29, 0.717) is 13.1 Å². The molecule has 2 aliphatic rings. The van der Waals surface area contributed by atoms with Crippen molar-refractivity contribution < 1.29 is 19.0 Å². The number of aromatic nitrogens is 1. The Bertz CT molecular complexity index is 1110. The molecular formula is C27H33N3O4. The fraction of sp³-hybridized carbons (Fsp3) is 0.444. The van der Waals surface area contributed by atoms with E-state index in [9.17, 15) is 4.79 Å². The highest BCUT2D eigenvalue weighted by Gasteiger charge is 2.55. The highest BCUT2D eigenvalue weighted by Crippen LogP contribution is 2.39. The lowest BCUT2D eigenvalue weighted by molar-refractivity contribution is -0.187. The molecule has 4 atom stereocenters. The molecule has 0 bridgehead atoms. The first-order valence-electron chi connectivity index (χ1n) is 12.1. The van der Waals surface area contributed by atoms with Crippen molar-refractivity contribution in [3.63, 3.8) is 0 Å². The third-order valence-electron chi connectivity index (χ3n) is 6.54. The molecule has 0 aliphatic carbocycles. The van der Waals surface area contributed by atoms with Crippen LogP contribution >= 0.6 is 0 Å². The zero-order valence-electron chi connectivity index (χ0n) is 19.8. The predicted molar refractivity (Wildman–Crippen MR) is 130 cm³/mol. The standard InChI is InChI=1S/C27H33N3O4/c1-27(2)33-25-22(32-23(26(25)34-27)17-28-15-18-8-4-3-5-9-18)14-24(31)29-13-12-19-16-30-21-11-7-6-10-20(19)21/h3-11,16,22-23,25-26,28,30H,12-15,17H2,1-2H3,(H,29,31)/t22-,23+,25+,26-/m1/s1. The number of hydrogen-bond acceptors (Lipinski definition) is 5. The van der Waals surface area contributed by atoms with E-state index in [1.165, 1.54) is 16.5 Å². The number of hydrogen-bond donors (Lipinski definition) is 3. The van der Waals surface area contributed by atoms with Crippen LogP contribution < -0.4 is 10.6 Å². The van der Waals surface area contributed by atoms with Gasteiger partial charge in [-0.3, -0.25) is 4.79 Å². The van der Waals surface area contributed by atoms with Gasteiger partial charge >= 0.3 is 0 Å². The molecule has 7 heteroatoms. The fourth-order valence-electron chi connectivity index (χ4n) is 4.98. The first-order chi connectivity index (χ1) is 16.5. The molecule has 2 fully saturated rings. The van der Waals surface area contributed by atoms with Gasteiger partial charge in [-0.25, -0.2) is 0 Å². The maximum Gasteiger partial charge on any atom is 0.222 e. The van der Waals surface area contributed by atoms with Crippen molar-refractivity contribution in [2.24, 2.45) is 0 Å². The van der Waals surface area contributed by atoms with E-state index in [2.05, 4.69) is 39.9 Å². The van der Waals surface area contributed by atoms with Crippen molar-refractivity contribution in [3.8, 4) is 0 Å². The summed E-state index contributed by atoms with van der Waals surface area (Å²) in [6.07, 6.45) is 2.10. The van der Waals surface area contributed by atoms with E-state index in [1.807, 2.05) is 50.4 Å². The summed E-state index contributed by atoms with van der Waals surface area (Å²) >= 11 is 0. The van der Waals surface area contributed by atoms with Crippen LogP contribution in [0.4, 0.5) is 0 Å². The van der Waals surface area contributed by atoms with Gasteiger partial charge in [0.15, 0.2) is 5.79 Å². The SMILES string of the molecule is CC1(C)O[C@@H]2[C@H](O1)[C@H](CNCc1ccccc1)O[C@@H]2CC(=O)NCCc1c[nH]c2ccccc12. The third-order valence-corrected chi connectivity index (χ3v) is 6.54. The topological polar surface area (TPSA) is 84.6 Å². The van der Waals surface area contributed by atoms with Crippen LogP contribution in [0.2, 0.25) is 0 Å². The largest absolute Gasteiger partial charge is 0.367 e. The second kappa shape index (κ2) is 9.88. The van der Waals surface area contributed by atoms with Crippen molar-refractivity contribution in [3.05, 3.63) is 71.9 Å². The number of benzene rings is 2. The Balaban J connectivity index is 1.13. The number of amides is 1. The molecule has 2 saturated heterocycles. The van der Waals surface area contributed by atoms with Crippen LogP contribution in [0.25, 0.3) is 10.9 Å². The molecule has 0 radical (unpaired) electrons. The van der Waals surface area contributed by atoms with E-state index in [1.54, 1.807) is 0 Å². The molecule has 1 amide bonds. The Kier molecular flexibility index (Phi) is 6.70. The van der Waals surface area contributed by atoms with Gasteiger partial charge < -0.3 is 29.8 Å². The van der Waals surface area contributed by atoms with E-state index in [4.69, 9.17) is 14.2 Å². The number of para-hydroxylation sites is 1. The minimum Gasteiger partial charge on any atom is -0.367 e. The molecule has 3 N–H and O–H groups in total. The van der Waals surface area contributed by atoms with E-state index in [-0.39, 0.29) is 36.7 Å². The molecule has 0 unspecified atom stereocenters. The molecule has 3 aromatic rings. The van der Waals surface area contributed by atoms with Crippen LogP contribution in [0.1, 0.15) is 31.4 Å². The summed E-state index contributed by atoms with van der Waals surface area (Å²) in [6.45, 7) is 5.79. The lowest BCUT2D eigenvalue weighted by Gasteiger charge is -2.24. The van der Waals surface area contributed by atoms with Crippen LogP contribution in [-0.4, -0.2) is 54.2 Å². The number of rotatable bonds is 9. The Morgan fingerprint density at radius 1 is 1.00 bits per heavy atom. The second-order valence-electron chi connectivity index (χ2n) is 9.56. The summed E-state index contributed by atoms with van der Waals surface area (Å²) in [5, 5.41) is 7.70. The van der Waals surface area contributed by atoms with Crippen LogP contribution in [0.3, 0.4) is 0 Å². The molecule has 1 aromatic heterocycles. The Morgan fingerprint density at radius 3 is 2.56 bits per heavy atom. The number of carbonyl (C=O) groups is 1. The molecule has 2 aliphatic heterocycles. The van der Waals surface area contributed by atoms with Crippen molar-refractivity contribution in [1.82, 2.24) is 15.6 Å². The molecule has 180 valence electrons. The minimum atomic E-state index is -0.680. The minimum absolute atomic E-state index is 0.0326. The summed E-state index contributed by atoms with van der Waals surface area (Å²) in [6, 6.07) is 18.5. The zero-order valence-corrected chi connectivity index (χ0v) is 19.8. The number of carbonyl (C=O) groups excluding carboxylic acids is 1. The van der Waals surface area contributed by atoms with Gasteiger partial charge in [0.1, 0.15) is 12.2 Å². The normalized spacial score (nSPS) is 25.5.